The fourth-order valence-corrected chi connectivity index (χ4v) is 2.06. The molecule has 1 atom stereocenters. The average Bonchev–Trinajstić information content (AvgIpc) is 2.75. The van der Waals surface area contributed by atoms with Gasteiger partial charge in [0.2, 0.25) is 0 Å². The van der Waals surface area contributed by atoms with Crippen LogP contribution in [0.3, 0.4) is 0 Å². The first-order valence-corrected chi connectivity index (χ1v) is 5.74. The summed E-state index contributed by atoms with van der Waals surface area (Å²) in [5, 5.41) is 9.42. The van der Waals surface area contributed by atoms with Crippen molar-refractivity contribution in [2.45, 2.75) is 19.4 Å². The van der Waals surface area contributed by atoms with Crippen molar-refractivity contribution < 1.29 is 14.6 Å². The highest BCUT2D eigenvalue weighted by molar-refractivity contribution is 5.95. The monoisotopic (exact) mass is 235 g/mol. The number of hydrogen-bond donors (Lipinski definition) is 1. The molecule has 4 nitrogen and oxygen atoms in total. The van der Waals surface area contributed by atoms with Crippen molar-refractivity contribution in [3.05, 3.63) is 29.3 Å². The van der Waals surface area contributed by atoms with E-state index in [-0.39, 0.29) is 12.0 Å². The molecule has 0 saturated carbocycles. The van der Waals surface area contributed by atoms with Crippen LogP contribution in [0.2, 0.25) is 0 Å². The van der Waals surface area contributed by atoms with Crippen molar-refractivity contribution >= 4 is 5.91 Å². The number of aryl methyl sites for hydroxylation is 1. The summed E-state index contributed by atoms with van der Waals surface area (Å²) in [6, 6.07) is 5.42. The zero-order valence-electron chi connectivity index (χ0n) is 10.1. The minimum atomic E-state index is -0.383. The maximum atomic E-state index is 12.1. The lowest BCUT2D eigenvalue weighted by Crippen LogP contribution is -2.29. The maximum absolute atomic E-state index is 12.1. The third-order valence-electron chi connectivity index (χ3n) is 3.11. The van der Waals surface area contributed by atoms with Crippen molar-refractivity contribution in [2.24, 2.45) is 0 Å². The van der Waals surface area contributed by atoms with Gasteiger partial charge in [0, 0.05) is 18.7 Å². The van der Waals surface area contributed by atoms with Gasteiger partial charge in [0.25, 0.3) is 5.91 Å². The van der Waals surface area contributed by atoms with E-state index in [4.69, 9.17) is 4.74 Å². The number of benzene rings is 1. The number of methoxy groups -OCH3 is 1. The number of carbonyl (C=O) groups is 1. The maximum Gasteiger partial charge on any atom is 0.254 e. The summed E-state index contributed by atoms with van der Waals surface area (Å²) in [6.07, 6.45) is 0.278. The van der Waals surface area contributed by atoms with Crippen LogP contribution in [0.25, 0.3) is 0 Å². The minimum Gasteiger partial charge on any atom is -0.496 e. The number of likely N-dealkylation sites (tertiary alicyclic amines) is 1. The molecule has 1 aliphatic heterocycles. The number of ether oxygens (including phenoxy) is 1. The Bertz CT molecular complexity index is 431. The number of carbonyl (C=O) groups excluding carboxylic acids is 1. The quantitative estimate of drug-likeness (QED) is 0.838. The molecule has 1 aromatic carbocycles. The average molecular weight is 235 g/mol. The first-order valence-electron chi connectivity index (χ1n) is 5.74. The van der Waals surface area contributed by atoms with Gasteiger partial charge in [0.1, 0.15) is 5.75 Å². The van der Waals surface area contributed by atoms with E-state index >= 15 is 0 Å². The van der Waals surface area contributed by atoms with Gasteiger partial charge < -0.3 is 14.7 Å². The normalized spacial score (nSPS) is 19.5. The van der Waals surface area contributed by atoms with Crippen LogP contribution in [0.15, 0.2) is 18.2 Å². The van der Waals surface area contributed by atoms with Crippen LogP contribution in [0, 0.1) is 6.92 Å². The van der Waals surface area contributed by atoms with Crippen LogP contribution in [0.4, 0.5) is 0 Å². The van der Waals surface area contributed by atoms with Crippen molar-refractivity contribution in [3.63, 3.8) is 0 Å². The zero-order chi connectivity index (χ0) is 12.4. The number of amides is 1. The van der Waals surface area contributed by atoms with Crippen LogP contribution in [0.5, 0.6) is 5.75 Å². The van der Waals surface area contributed by atoms with Gasteiger partial charge in [-0.3, -0.25) is 4.79 Å². The first kappa shape index (κ1) is 11.9. The molecule has 1 N–H and O–H groups in total. The molecule has 92 valence electrons. The SMILES string of the molecule is COc1cc(C(=O)N2CC[C@@H](O)C2)ccc1C. The Morgan fingerprint density at radius 1 is 1.53 bits per heavy atom. The van der Waals surface area contributed by atoms with Gasteiger partial charge in [-0.05, 0) is 31.0 Å². The Labute approximate surface area is 101 Å². The van der Waals surface area contributed by atoms with E-state index in [1.807, 2.05) is 13.0 Å². The first-order chi connectivity index (χ1) is 8.11. The summed E-state index contributed by atoms with van der Waals surface area (Å²) in [5.41, 5.74) is 1.62. The van der Waals surface area contributed by atoms with Crippen LogP contribution in [0.1, 0.15) is 22.3 Å². The standard InChI is InChI=1S/C13H17NO3/c1-9-3-4-10(7-12(9)17-2)13(16)14-6-5-11(15)8-14/h3-4,7,11,15H,5-6,8H2,1-2H3/t11-/m1/s1. The fraction of sp³-hybridized carbons (Fsp3) is 0.462. The number of nitrogens with zero attached hydrogens (tertiary/aromatic N) is 1. The van der Waals surface area contributed by atoms with E-state index < -0.39 is 0 Å². The van der Waals surface area contributed by atoms with E-state index in [1.54, 1.807) is 24.1 Å². The number of aliphatic hydroxyl groups is 1. The van der Waals surface area contributed by atoms with Crippen molar-refractivity contribution in [1.29, 1.82) is 0 Å². The number of aliphatic hydroxyl groups excluding tert-OH is 1. The Hall–Kier alpha value is -1.55. The molecule has 4 heteroatoms. The van der Waals surface area contributed by atoms with Gasteiger partial charge >= 0.3 is 0 Å². The second kappa shape index (κ2) is 4.75. The lowest BCUT2D eigenvalue weighted by molar-refractivity contribution is 0.0764. The molecule has 0 radical (unpaired) electrons. The molecule has 1 fully saturated rings. The van der Waals surface area contributed by atoms with Crippen LogP contribution in [-0.2, 0) is 0 Å². The fourth-order valence-electron chi connectivity index (χ4n) is 2.06. The molecular weight excluding hydrogens is 218 g/mol. The summed E-state index contributed by atoms with van der Waals surface area (Å²) < 4.78 is 5.20. The van der Waals surface area contributed by atoms with E-state index in [9.17, 15) is 9.90 Å². The highest BCUT2D eigenvalue weighted by atomic mass is 16.5. The Balaban J connectivity index is 2.19. The molecule has 0 aromatic heterocycles. The van der Waals surface area contributed by atoms with Crippen LogP contribution < -0.4 is 4.74 Å². The summed E-state index contributed by atoms with van der Waals surface area (Å²) >= 11 is 0. The number of hydrogen-bond acceptors (Lipinski definition) is 3. The molecule has 1 amide bonds. The van der Waals surface area contributed by atoms with Gasteiger partial charge in [-0.1, -0.05) is 6.07 Å². The van der Waals surface area contributed by atoms with Gasteiger partial charge in [-0.25, -0.2) is 0 Å². The molecule has 0 unspecified atom stereocenters. The molecule has 1 saturated heterocycles. The number of β-amino-alcohol motifs (C(OH)–C–C–N with tert-alkyl or cyclic N) is 1. The lowest BCUT2D eigenvalue weighted by Gasteiger charge is -2.16. The molecule has 1 aliphatic rings. The molecule has 0 spiro atoms. The predicted octanol–water partition coefficient (Wildman–Crippen LogP) is 1.21. The van der Waals surface area contributed by atoms with Crippen molar-refractivity contribution in [1.82, 2.24) is 4.90 Å². The van der Waals surface area contributed by atoms with Crippen molar-refractivity contribution in [3.8, 4) is 5.75 Å². The molecule has 2 rings (SSSR count). The summed E-state index contributed by atoms with van der Waals surface area (Å²) in [6.45, 7) is 2.98. The number of rotatable bonds is 2. The third kappa shape index (κ3) is 2.42. The molecule has 0 bridgehead atoms. The Morgan fingerprint density at radius 2 is 2.29 bits per heavy atom. The topological polar surface area (TPSA) is 49.8 Å². The molecule has 1 heterocycles. The minimum absolute atomic E-state index is 0.0418. The van der Waals surface area contributed by atoms with Gasteiger partial charge in [0.15, 0.2) is 0 Å². The van der Waals surface area contributed by atoms with E-state index in [1.165, 1.54) is 0 Å². The predicted molar refractivity (Wildman–Crippen MR) is 64.3 cm³/mol. The highest BCUT2D eigenvalue weighted by Crippen LogP contribution is 2.21. The van der Waals surface area contributed by atoms with Crippen LogP contribution >= 0.6 is 0 Å². The summed E-state index contributed by atoms with van der Waals surface area (Å²) in [5.74, 6) is 0.676. The second-order valence-electron chi connectivity index (χ2n) is 4.38. The highest BCUT2D eigenvalue weighted by Gasteiger charge is 2.25. The van der Waals surface area contributed by atoms with E-state index in [0.717, 1.165) is 11.3 Å². The third-order valence-corrected chi connectivity index (χ3v) is 3.11. The molecular formula is C13H17NO3. The Kier molecular flexibility index (Phi) is 3.33. The Morgan fingerprint density at radius 3 is 2.88 bits per heavy atom. The van der Waals surface area contributed by atoms with E-state index in [0.29, 0.717) is 25.1 Å². The smallest absolute Gasteiger partial charge is 0.254 e. The van der Waals surface area contributed by atoms with E-state index in [2.05, 4.69) is 0 Å². The molecule has 0 aliphatic carbocycles. The van der Waals surface area contributed by atoms with Crippen LogP contribution in [-0.4, -0.2) is 42.2 Å². The summed E-state index contributed by atoms with van der Waals surface area (Å²) in [7, 11) is 1.59. The van der Waals surface area contributed by atoms with Gasteiger partial charge in [0.05, 0.1) is 13.2 Å². The van der Waals surface area contributed by atoms with Gasteiger partial charge in [-0.15, -0.1) is 0 Å². The zero-order valence-corrected chi connectivity index (χ0v) is 10.1. The van der Waals surface area contributed by atoms with Crippen molar-refractivity contribution in [2.75, 3.05) is 20.2 Å². The molecule has 17 heavy (non-hydrogen) atoms. The lowest BCUT2D eigenvalue weighted by atomic mass is 10.1. The van der Waals surface area contributed by atoms with Gasteiger partial charge in [-0.2, -0.15) is 0 Å². The molecule has 1 aromatic rings. The second-order valence-corrected chi connectivity index (χ2v) is 4.38. The summed E-state index contributed by atoms with van der Waals surface area (Å²) in [4.78, 5) is 13.8. The largest absolute Gasteiger partial charge is 0.496 e.